The number of carbonyl (C=O) groups is 4. The van der Waals surface area contributed by atoms with E-state index in [0.717, 1.165) is 31.1 Å². The third kappa shape index (κ3) is 5.78. The molecule has 8 nitrogen and oxygen atoms in total. The quantitative estimate of drug-likeness (QED) is 0.550. The summed E-state index contributed by atoms with van der Waals surface area (Å²) < 4.78 is 10.3. The minimum absolute atomic E-state index is 0.266. The van der Waals surface area contributed by atoms with Gasteiger partial charge in [0.15, 0.2) is 0 Å². The lowest BCUT2D eigenvalue weighted by Gasteiger charge is -2.31. The molecule has 0 aromatic rings. The molecule has 6 unspecified atom stereocenters. The van der Waals surface area contributed by atoms with Gasteiger partial charge in [-0.25, -0.2) is 9.59 Å². The zero-order valence-electron chi connectivity index (χ0n) is 19.0. The predicted molar refractivity (Wildman–Crippen MR) is 117 cm³/mol. The Labute approximate surface area is 189 Å². The molecule has 4 amide bonds. The summed E-state index contributed by atoms with van der Waals surface area (Å²) in [5, 5.41) is 4.32. The van der Waals surface area contributed by atoms with Gasteiger partial charge in [0.1, 0.15) is 0 Å². The first-order chi connectivity index (χ1) is 15.2. The first-order valence-electron chi connectivity index (χ1n) is 11.4. The van der Waals surface area contributed by atoms with Gasteiger partial charge in [0.25, 0.3) is 11.8 Å². The SMILES string of the molecule is C=C(C)C(=O)NC(=O)OCCC1CC2C3CC(CCOC(=O)NC(=O)C(=C)C)C(C3)C2C1. The van der Waals surface area contributed by atoms with E-state index in [1.807, 2.05) is 0 Å². The van der Waals surface area contributed by atoms with Crippen LogP contribution in [0, 0.1) is 35.5 Å². The van der Waals surface area contributed by atoms with Crippen LogP contribution in [0.2, 0.25) is 0 Å². The minimum Gasteiger partial charge on any atom is -0.449 e. The van der Waals surface area contributed by atoms with Crippen molar-refractivity contribution in [2.24, 2.45) is 35.5 Å². The predicted octanol–water partition coefficient (Wildman–Crippen LogP) is 3.72. The van der Waals surface area contributed by atoms with Gasteiger partial charge in [-0.1, -0.05) is 13.2 Å². The zero-order chi connectivity index (χ0) is 23.4. The van der Waals surface area contributed by atoms with Crippen LogP contribution in [0.25, 0.3) is 0 Å². The zero-order valence-corrected chi connectivity index (χ0v) is 19.0. The van der Waals surface area contributed by atoms with E-state index < -0.39 is 24.0 Å². The molecule has 6 atom stereocenters. The highest BCUT2D eigenvalue weighted by atomic mass is 16.6. The fraction of sp³-hybridized carbons (Fsp3) is 0.667. The average Bonchev–Trinajstić information content (AvgIpc) is 3.39. The van der Waals surface area contributed by atoms with Crippen LogP contribution in [0.3, 0.4) is 0 Å². The fourth-order valence-corrected chi connectivity index (χ4v) is 5.99. The molecule has 8 heteroatoms. The van der Waals surface area contributed by atoms with Crippen molar-refractivity contribution in [2.45, 2.75) is 52.4 Å². The summed E-state index contributed by atoms with van der Waals surface area (Å²) in [4.78, 5) is 46.3. The Kier molecular flexibility index (Phi) is 7.74. The topological polar surface area (TPSA) is 111 Å². The maximum absolute atomic E-state index is 11.7. The number of hydrogen-bond acceptors (Lipinski definition) is 6. The second-order valence-corrected chi connectivity index (χ2v) is 9.64. The number of carbonyl (C=O) groups excluding carboxylic acids is 4. The Bertz CT molecular complexity index is 806. The van der Waals surface area contributed by atoms with Gasteiger partial charge in [-0.2, -0.15) is 0 Å². The number of alkyl carbamates (subject to hydrolysis) is 2. The molecular formula is C24H34N2O6. The number of nitrogens with one attached hydrogen (secondary N) is 2. The van der Waals surface area contributed by atoms with Crippen molar-refractivity contribution >= 4 is 24.0 Å². The highest BCUT2D eigenvalue weighted by Crippen LogP contribution is 2.63. The largest absolute Gasteiger partial charge is 0.449 e. The minimum atomic E-state index is -0.717. The number of imide groups is 2. The van der Waals surface area contributed by atoms with E-state index in [0.29, 0.717) is 36.9 Å². The molecule has 32 heavy (non-hydrogen) atoms. The highest BCUT2D eigenvalue weighted by Gasteiger charge is 2.55. The molecule has 3 aliphatic rings. The third-order valence-electron chi connectivity index (χ3n) is 7.39. The molecule has 2 bridgehead atoms. The molecule has 176 valence electrons. The normalized spacial score (nSPS) is 29.7. The third-order valence-corrected chi connectivity index (χ3v) is 7.39. The summed E-state index contributed by atoms with van der Waals surface area (Å²) in [6.07, 6.45) is 4.96. The number of fused-ring (bicyclic) bond motifs is 5. The van der Waals surface area contributed by atoms with Crippen LogP contribution in [0.1, 0.15) is 52.4 Å². The van der Waals surface area contributed by atoms with E-state index in [4.69, 9.17) is 9.47 Å². The Morgan fingerprint density at radius 2 is 1.28 bits per heavy atom. The summed E-state index contributed by atoms with van der Waals surface area (Å²) >= 11 is 0. The molecule has 0 saturated heterocycles. The number of ether oxygens (including phenoxy) is 2. The van der Waals surface area contributed by atoms with Crippen LogP contribution < -0.4 is 10.6 Å². The van der Waals surface area contributed by atoms with Crippen molar-refractivity contribution in [3.8, 4) is 0 Å². The highest BCUT2D eigenvalue weighted by molar-refractivity contribution is 6.02. The molecule has 3 fully saturated rings. The Morgan fingerprint density at radius 3 is 1.84 bits per heavy atom. The van der Waals surface area contributed by atoms with Gasteiger partial charge in [-0.3, -0.25) is 20.2 Å². The van der Waals surface area contributed by atoms with Crippen molar-refractivity contribution in [1.82, 2.24) is 10.6 Å². The molecule has 3 rings (SSSR count). The van der Waals surface area contributed by atoms with Crippen LogP contribution in [0.4, 0.5) is 9.59 Å². The standard InChI is InChI=1S/C24H34N2O6/c1-13(2)21(27)25-23(29)31-7-5-15-9-18-17-11-16(19(12-17)20(18)10-15)6-8-32-24(30)26-22(28)14(3)4/h15-20H,1,3,5-12H2,2,4H3,(H,25,27,29)(H,26,28,30). The van der Waals surface area contributed by atoms with Gasteiger partial charge in [-0.15, -0.1) is 0 Å². The molecule has 0 aliphatic heterocycles. The summed E-state index contributed by atoms with van der Waals surface area (Å²) in [6, 6.07) is 0. The second kappa shape index (κ2) is 10.3. The van der Waals surface area contributed by atoms with E-state index >= 15 is 0 Å². The first kappa shape index (κ1) is 24.0. The number of hydrogen-bond donors (Lipinski definition) is 2. The van der Waals surface area contributed by atoms with Gasteiger partial charge in [-0.05, 0) is 87.9 Å². The van der Waals surface area contributed by atoms with Crippen LogP contribution in [-0.2, 0) is 19.1 Å². The molecule has 0 spiro atoms. The van der Waals surface area contributed by atoms with Crippen molar-refractivity contribution in [3.63, 3.8) is 0 Å². The Balaban J connectivity index is 1.36. The summed E-state index contributed by atoms with van der Waals surface area (Å²) in [7, 11) is 0. The monoisotopic (exact) mass is 446 g/mol. The van der Waals surface area contributed by atoms with Crippen LogP contribution in [-0.4, -0.2) is 37.2 Å². The lowest BCUT2D eigenvalue weighted by atomic mass is 9.75. The lowest BCUT2D eigenvalue weighted by molar-refractivity contribution is -0.117. The van der Waals surface area contributed by atoms with Crippen LogP contribution >= 0.6 is 0 Å². The fourth-order valence-electron chi connectivity index (χ4n) is 5.99. The molecule has 0 heterocycles. The smallest absolute Gasteiger partial charge is 0.414 e. The van der Waals surface area contributed by atoms with E-state index in [2.05, 4.69) is 23.8 Å². The number of amides is 4. The van der Waals surface area contributed by atoms with Crippen LogP contribution in [0.5, 0.6) is 0 Å². The van der Waals surface area contributed by atoms with E-state index in [1.165, 1.54) is 33.1 Å². The average molecular weight is 447 g/mol. The number of rotatable bonds is 8. The van der Waals surface area contributed by atoms with Gasteiger partial charge in [0.05, 0.1) is 13.2 Å². The summed E-state index contributed by atoms with van der Waals surface area (Å²) in [5.74, 6) is 2.90. The molecule has 0 aromatic heterocycles. The summed E-state index contributed by atoms with van der Waals surface area (Å²) in [5.41, 5.74) is 0.533. The molecule has 2 N–H and O–H groups in total. The summed E-state index contributed by atoms with van der Waals surface area (Å²) in [6.45, 7) is 10.7. The molecular weight excluding hydrogens is 412 g/mol. The van der Waals surface area contributed by atoms with Gasteiger partial charge in [0, 0.05) is 11.1 Å². The van der Waals surface area contributed by atoms with E-state index in [1.54, 1.807) is 0 Å². The molecule has 0 aromatic carbocycles. The maximum atomic E-state index is 11.7. The van der Waals surface area contributed by atoms with E-state index in [9.17, 15) is 19.2 Å². The Hall–Kier alpha value is -2.64. The van der Waals surface area contributed by atoms with E-state index in [-0.39, 0.29) is 11.1 Å². The molecule has 3 saturated carbocycles. The van der Waals surface area contributed by atoms with Crippen LogP contribution in [0.15, 0.2) is 24.3 Å². The Morgan fingerprint density at radius 1 is 0.750 bits per heavy atom. The molecule has 0 radical (unpaired) electrons. The molecule has 3 aliphatic carbocycles. The first-order valence-corrected chi connectivity index (χ1v) is 11.4. The maximum Gasteiger partial charge on any atom is 0.414 e. The second-order valence-electron chi connectivity index (χ2n) is 9.64. The van der Waals surface area contributed by atoms with Gasteiger partial charge in [0.2, 0.25) is 0 Å². The van der Waals surface area contributed by atoms with Gasteiger partial charge < -0.3 is 9.47 Å². The van der Waals surface area contributed by atoms with Crippen molar-refractivity contribution in [1.29, 1.82) is 0 Å². The van der Waals surface area contributed by atoms with Crippen molar-refractivity contribution < 1.29 is 28.7 Å². The lowest BCUT2D eigenvalue weighted by Crippen LogP contribution is -2.32. The van der Waals surface area contributed by atoms with Gasteiger partial charge >= 0.3 is 12.2 Å². The van der Waals surface area contributed by atoms with Crippen molar-refractivity contribution in [2.75, 3.05) is 13.2 Å². The van der Waals surface area contributed by atoms with Crippen molar-refractivity contribution in [3.05, 3.63) is 24.3 Å².